The zero-order valence-corrected chi connectivity index (χ0v) is 9.50. The van der Waals surface area contributed by atoms with E-state index in [1.54, 1.807) is 0 Å². The van der Waals surface area contributed by atoms with Gasteiger partial charge in [0.05, 0.1) is 10.6 Å². The molecule has 0 saturated heterocycles. The first-order valence-electron chi connectivity index (χ1n) is 4.45. The van der Waals surface area contributed by atoms with Crippen molar-refractivity contribution in [2.24, 2.45) is 0 Å². The van der Waals surface area contributed by atoms with Crippen LogP contribution in [0.5, 0.6) is 0 Å². The van der Waals surface area contributed by atoms with Crippen molar-refractivity contribution in [3.63, 3.8) is 0 Å². The van der Waals surface area contributed by atoms with E-state index in [2.05, 4.69) is 0 Å². The molecule has 0 saturated carbocycles. The minimum absolute atomic E-state index is 0.262. The molecule has 5 heteroatoms. The minimum Gasteiger partial charge on any atom is -0.398 e. The summed E-state index contributed by atoms with van der Waals surface area (Å²) >= 11 is 5.39. The molecule has 1 aromatic rings. The zero-order valence-electron chi connectivity index (χ0n) is 8.74. The molecule has 0 atom stereocenters. The third kappa shape index (κ3) is 3.63. The summed E-state index contributed by atoms with van der Waals surface area (Å²) in [5.41, 5.74) is 5.17. The monoisotopic (exact) mass is 239 g/mol. The van der Waals surface area contributed by atoms with Crippen molar-refractivity contribution in [3.8, 4) is 0 Å². The summed E-state index contributed by atoms with van der Waals surface area (Å²) in [6.45, 7) is 5.50. The predicted octanol–water partition coefficient (Wildman–Crippen LogP) is 4.28. The number of benzene rings is 1. The smallest absolute Gasteiger partial charge is 0.398 e. The number of anilines is 1. The van der Waals surface area contributed by atoms with Crippen molar-refractivity contribution in [2.75, 3.05) is 5.73 Å². The Balaban J connectivity index is 0.000000921. The third-order valence-corrected chi connectivity index (χ3v) is 1.97. The molecule has 15 heavy (non-hydrogen) atoms. The summed E-state index contributed by atoms with van der Waals surface area (Å²) < 4.78 is 36.7. The maximum atomic E-state index is 12.2. The maximum Gasteiger partial charge on any atom is 0.417 e. The van der Waals surface area contributed by atoms with Crippen LogP contribution in [0.25, 0.3) is 0 Å². The second kappa shape index (κ2) is 5.26. The van der Waals surface area contributed by atoms with E-state index in [4.69, 9.17) is 17.3 Å². The van der Waals surface area contributed by atoms with E-state index in [-0.39, 0.29) is 10.7 Å². The highest BCUT2D eigenvalue weighted by molar-refractivity contribution is 6.31. The van der Waals surface area contributed by atoms with Crippen LogP contribution in [0.15, 0.2) is 12.1 Å². The van der Waals surface area contributed by atoms with Gasteiger partial charge in [-0.25, -0.2) is 0 Å². The molecule has 0 amide bonds. The fourth-order valence-electron chi connectivity index (χ4n) is 0.914. The second-order valence-electron chi connectivity index (χ2n) is 2.69. The Bertz CT molecular complexity index is 334. The van der Waals surface area contributed by atoms with Gasteiger partial charge in [-0.05, 0) is 24.6 Å². The van der Waals surface area contributed by atoms with Gasteiger partial charge >= 0.3 is 6.18 Å². The first-order valence-corrected chi connectivity index (χ1v) is 4.83. The van der Waals surface area contributed by atoms with Gasteiger partial charge in [-0.1, -0.05) is 25.4 Å². The maximum absolute atomic E-state index is 12.2. The van der Waals surface area contributed by atoms with Gasteiger partial charge in [-0.15, -0.1) is 0 Å². The van der Waals surface area contributed by atoms with Crippen LogP contribution >= 0.6 is 11.6 Å². The largest absolute Gasteiger partial charge is 0.417 e. The van der Waals surface area contributed by atoms with E-state index in [1.165, 1.54) is 6.92 Å². The fourth-order valence-corrected chi connectivity index (χ4v) is 1.19. The van der Waals surface area contributed by atoms with Gasteiger partial charge in [-0.3, -0.25) is 0 Å². The molecule has 1 aromatic carbocycles. The molecule has 86 valence electrons. The Morgan fingerprint density at radius 2 is 1.67 bits per heavy atom. The summed E-state index contributed by atoms with van der Waals surface area (Å²) in [5, 5.41) is -0.365. The molecule has 2 N–H and O–H groups in total. The topological polar surface area (TPSA) is 26.0 Å². The molecule has 0 heterocycles. The van der Waals surface area contributed by atoms with Crippen LogP contribution in [0.4, 0.5) is 18.9 Å². The number of halogens is 4. The quantitative estimate of drug-likeness (QED) is 0.672. The summed E-state index contributed by atoms with van der Waals surface area (Å²) in [6, 6.07) is 2.05. The van der Waals surface area contributed by atoms with E-state index in [9.17, 15) is 13.2 Å². The SMILES string of the molecule is CC.Cc1cc(C(F)(F)F)c(Cl)cc1N. The molecule has 1 nitrogen and oxygen atoms in total. The number of nitrogens with two attached hydrogens (primary N) is 1. The number of alkyl halides is 3. The van der Waals surface area contributed by atoms with Gasteiger partial charge in [0.25, 0.3) is 0 Å². The van der Waals surface area contributed by atoms with Crippen molar-refractivity contribution in [1.82, 2.24) is 0 Å². The summed E-state index contributed by atoms with van der Waals surface area (Å²) in [6.07, 6.45) is -4.42. The molecule has 0 spiro atoms. The molecule has 0 aliphatic carbocycles. The van der Waals surface area contributed by atoms with Crippen molar-refractivity contribution >= 4 is 17.3 Å². The van der Waals surface area contributed by atoms with Crippen LogP contribution in [-0.4, -0.2) is 0 Å². The van der Waals surface area contributed by atoms with E-state index in [0.29, 0.717) is 5.56 Å². The van der Waals surface area contributed by atoms with Gasteiger partial charge in [0.2, 0.25) is 0 Å². The van der Waals surface area contributed by atoms with Crippen molar-refractivity contribution in [2.45, 2.75) is 26.9 Å². The van der Waals surface area contributed by atoms with Gasteiger partial charge in [-0.2, -0.15) is 13.2 Å². The Kier molecular flexibility index (Phi) is 4.94. The Morgan fingerprint density at radius 3 is 2.07 bits per heavy atom. The van der Waals surface area contributed by atoms with Gasteiger partial charge in [0, 0.05) is 5.69 Å². The second-order valence-corrected chi connectivity index (χ2v) is 3.09. The average molecular weight is 240 g/mol. The van der Waals surface area contributed by atoms with E-state index in [0.717, 1.165) is 12.1 Å². The number of hydrogen-bond acceptors (Lipinski definition) is 1. The van der Waals surface area contributed by atoms with Crippen LogP contribution < -0.4 is 5.73 Å². The summed E-state index contributed by atoms with van der Waals surface area (Å²) in [5.74, 6) is 0. The van der Waals surface area contributed by atoms with Crippen LogP contribution in [0.3, 0.4) is 0 Å². The lowest BCUT2D eigenvalue weighted by Gasteiger charge is -2.10. The third-order valence-electron chi connectivity index (χ3n) is 1.66. The molecule has 0 unspecified atom stereocenters. The fraction of sp³-hybridized carbons (Fsp3) is 0.400. The lowest BCUT2D eigenvalue weighted by Crippen LogP contribution is -2.07. The number of aryl methyl sites for hydroxylation is 1. The number of rotatable bonds is 0. The van der Waals surface area contributed by atoms with Gasteiger partial charge < -0.3 is 5.73 Å². The first-order chi connectivity index (χ1) is 6.82. The van der Waals surface area contributed by atoms with E-state index in [1.807, 2.05) is 13.8 Å². The lowest BCUT2D eigenvalue weighted by atomic mass is 10.1. The summed E-state index contributed by atoms with van der Waals surface area (Å²) in [4.78, 5) is 0. The lowest BCUT2D eigenvalue weighted by molar-refractivity contribution is -0.137. The molecule has 0 bridgehead atoms. The zero-order chi connectivity index (χ0) is 12.2. The standard InChI is InChI=1S/C8H7ClF3N.C2H6/c1-4-2-5(8(10,11)12)6(9)3-7(4)13;1-2/h2-3H,13H2,1H3;1-2H3. The highest BCUT2D eigenvalue weighted by Gasteiger charge is 2.33. The van der Waals surface area contributed by atoms with Crippen LogP contribution in [0.1, 0.15) is 25.0 Å². The van der Waals surface area contributed by atoms with Crippen molar-refractivity contribution < 1.29 is 13.2 Å². The molecule has 0 aromatic heterocycles. The number of hydrogen-bond donors (Lipinski definition) is 1. The highest BCUT2D eigenvalue weighted by atomic mass is 35.5. The molecule has 0 aliphatic heterocycles. The highest BCUT2D eigenvalue weighted by Crippen LogP contribution is 2.36. The van der Waals surface area contributed by atoms with Crippen LogP contribution in [0, 0.1) is 6.92 Å². The van der Waals surface area contributed by atoms with E-state index < -0.39 is 11.7 Å². The first kappa shape index (κ1) is 14.1. The van der Waals surface area contributed by atoms with Crippen molar-refractivity contribution in [1.29, 1.82) is 0 Å². The molecule has 0 aliphatic rings. The Morgan fingerprint density at radius 1 is 1.20 bits per heavy atom. The van der Waals surface area contributed by atoms with Crippen LogP contribution in [0.2, 0.25) is 5.02 Å². The molecule has 0 fully saturated rings. The normalized spacial score (nSPS) is 10.6. The predicted molar refractivity (Wildman–Crippen MR) is 57.0 cm³/mol. The molecular formula is C10H13ClF3N. The van der Waals surface area contributed by atoms with Gasteiger partial charge in [0.15, 0.2) is 0 Å². The minimum atomic E-state index is -4.42. The molecule has 1 rings (SSSR count). The van der Waals surface area contributed by atoms with Crippen LogP contribution in [-0.2, 0) is 6.18 Å². The average Bonchev–Trinajstić information content (AvgIpc) is 2.13. The number of nitrogen functional groups attached to an aromatic ring is 1. The Labute approximate surface area is 92.0 Å². The van der Waals surface area contributed by atoms with E-state index >= 15 is 0 Å². The Hall–Kier alpha value is -0.900. The van der Waals surface area contributed by atoms with Gasteiger partial charge in [0.1, 0.15) is 0 Å². The molecular weight excluding hydrogens is 227 g/mol. The van der Waals surface area contributed by atoms with Crippen molar-refractivity contribution in [3.05, 3.63) is 28.3 Å². The summed E-state index contributed by atoms with van der Waals surface area (Å²) in [7, 11) is 0. The molecule has 0 radical (unpaired) electrons.